The first-order valence-corrected chi connectivity index (χ1v) is 18.4. The highest BCUT2D eigenvalue weighted by Gasteiger charge is 2.72. The summed E-state index contributed by atoms with van der Waals surface area (Å²) in [7, 11) is -2.26. The van der Waals surface area contributed by atoms with Crippen molar-refractivity contribution in [2.24, 2.45) is 0 Å². The number of amides is 1. The first-order valence-electron chi connectivity index (χ1n) is 15.5. The van der Waals surface area contributed by atoms with Crippen LogP contribution in [0.1, 0.15) is 69.1 Å². The number of nitrogens with one attached hydrogen (secondary N) is 1. The van der Waals surface area contributed by atoms with E-state index < -0.39 is 31.9 Å². The van der Waals surface area contributed by atoms with E-state index in [0.717, 1.165) is 18.4 Å². The summed E-state index contributed by atoms with van der Waals surface area (Å²) >= 11 is 0. The maximum Gasteiger partial charge on any atom is 0.256 e. The third-order valence-electron chi connectivity index (χ3n) is 9.64. The minimum Gasteiger partial charge on any atom is -0.408 e. The van der Waals surface area contributed by atoms with Gasteiger partial charge in [0.2, 0.25) is 5.78 Å². The highest BCUT2D eigenvalue weighted by atomic mass is 28.4. The quantitative estimate of drug-likeness (QED) is 0.199. The summed E-state index contributed by atoms with van der Waals surface area (Å²) in [6.45, 7) is 13.4. The normalized spacial score (nSPS) is 22.9. The molecule has 1 saturated carbocycles. The molecule has 10 nitrogen and oxygen atoms in total. The van der Waals surface area contributed by atoms with Crippen LogP contribution in [0.2, 0.25) is 18.1 Å². The minimum absolute atomic E-state index is 0.0298. The molecule has 4 aromatic rings. The molecule has 1 aliphatic heterocycles. The monoisotopic (exact) mass is 627 g/mol. The SMILES string of the molecule is CC[C@]1(C2(O[Si](C)(C)C(C)(C)C)CC2)O[C@@H](n2cnc3c(NC(=O)c4ccccc4)ncnc32)C(=O)C1OCc1ccccc1. The average Bonchev–Trinajstić information content (AvgIpc) is 3.56. The lowest BCUT2D eigenvalue weighted by molar-refractivity contribution is -0.184. The van der Waals surface area contributed by atoms with E-state index >= 15 is 0 Å². The number of aromatic nitrogens is 4. The van der Waals surface area contributed by atoms with Crippen LogP contribution in [0, 0.1) is 0 Å². The molecule has 2 aliphatic rings. The van der Waals surface area contributed by atoms with Gasteiger partial charge in [-0.25, -0.2) is 15.0 Å². The van der Waals surface area contributed by atoms with Gasteiger partial charge in [-0.1, -0.05) is 76.2 Å². The van der Waals surface area contributed by atoms with Crippen LogP contribution in [0.3, 0.4) is 0 Å². The lowest BCUT2D eigenvalue weighted by Crippen LogP contribution is -2.59. The van der Waals surface area contributed by atoms with Gasteiger partial charge in [-0.05, 0) is 55.1 Å². The van der Waals surface area contributed by atoms with Crippen LogP contribution in [-0.4, -0.2) is 56.8 Å². The number of hydrogen-bond donors (Lipinski definition) is 1. The Bertz CT molecular complexity index is 1700. The molecule has 1 amide bonds. The van der Waals surface area contributed by atoms with Gasteiger partial charge < -0.3 is 19.2 Å². The number of Topliss-reactive ketones (excluding diaryl/α,β-unsaturated/α-hetero) is 1. The first-order chi connectivity index (χ1) is 21.4. The summed E-state index contributed by atoms with van der Waals surface area (Å²) in [5.41, 5.74) is 0.501. The third-order valence-corrected chi connectivity index (χ3v) is 14.2. The Kier molecular flexibility index (Phi) is 8.01. The Balaban J connectivity index is 1.37. The molecule has 1 aliphatic carbocycles. The lowest BCUT2D eigenvalue weighted by atomic mass is 9.85. The van der Waals surface area contributed by atoms with Gasteiger partial charge in [0.25, 0.3) is 5.91 Å². The standard InChI is InChI=1S/C34H41N5O5Si/c1-7-34(33(18-19-33)44-45(5,6)32(2,3)4)27(42-20-23-14-10-8-11-15-23)26(40)31(43-34)39-22-37-25-28(35-21-36-29(25)39)38-30(41)24-16-12-9-13-17-24/h8-17,21-22,27,31H,7,18-20H2,1-6H3,(H,35,36,38,41)/t27?,31-,34+/m1/s1. The van der Waals surface area contributed by atoms with E-state index in [1.807, 2.05) is 43.3 Å². The van der Waals surface area contributed by atoms with E-state index in [2.05, 4.69) is 54.1 Å². The van der Waals surface area contributed by atoms with Crippen molar-refractivity contribution in [3.05, 3.63) is 84.4 Å². The number of nitrogens with zero attached hydrogens (tertiary/aromatic N) is 4. The zero-order valence-electron chi connectivity index (χ0n) is 26.7. The fraction of sp³-hybridized carbons (Fsp3) is 0.441. The van der Waals surface area contributed by atoms with Gasteiger partial charge in [-0.3, -0.25) is 14.2 Å². The molecule has 1 unspecified atom stereocenters. The van der Waals surface area contributed by atoms with Crippen molar-refractivity contribution in [2.75, 3.05) is 5.32 Å². The van der Waals surface area contributed by atoms with Crippen molar-refractivity contribution >= 4 is 37.0 Å². The van der Waals surface area contributed by atoms with Crippen LogP contribution in [0.15, 0.2) is 73.3 Å². The van der Waals surface area contributed by atoms with E-state index in [-0.39, 0.29) is 29.2 Å². The van der Waals surface area contributed by atoms with Gasteiger partial charge in [0.1, 0.15) is 11.9 Å². The molecule has 3 atom stereocenters. The molecule has 11 heteroatoms. The predicted octanol–water partition coefficient (Wildman–Crippen LogP) is 6.47. The smallest absolute Gasteiger partial charge is 0.256 e. The second-order valence-corrected chi connectivity index (χ2v) is 18.2. The van der Waals surface area contributed by atoms with Crippen molar-refractivity contribution in [1.29, 1.82) is 0 Å². The third kappa shape index (κ3) is 5.52. The largest absolute Gasteiger partial charge is 0.408 e. The van der Waals surface area contributed by atoms with Crippen LogP contribution in [0.4, 0.5) is 5.82 Å². The highest BCUT2D eigenvalue weighted by molar-refractivity contribution is 6.74. The van der Waals surface area contributed by atoms with E-state index in [0.29, 0.717) is 23.1 Å². The van der Waals surface area contributed by atoms with Crippen molar-refractivity contribution in [3.8, 4) is 0 Å². The number of carbonyl (C=O) groups is 2. The van der Waals surface area contributed by atoms with Gasteiger partial charge in [0.15, 0.2) is 37.6 Å². The van der Waals surface area contributed by atoms with Crippen LogP contribution >= 0.6 is 0 Å². The fourth-order valence-corrected chi connectivity index (χ4v) is 7.69. The Morgan fingerprint density at radius 1 is 1.04 bits per heavy atom. The zero-order valence-corrected chi connectivity index (χ0v) is 27.7. The number of fused-ring (bicyclic) bond motifs is 1. The highest BCUT2D eigenvalue weighted by Crippen LogP contribution is 2.60. The van der Waals surface area contributed by atoms with Crippen LogP contribution < -0.4 is 5.32 Å². The van der Waals surface area contributed by atoms with E-state index in [1.165, 1.54) is 12.7 Å². The molecular weight excluding hydrogens is 586 g/mol. The van der Waals surface area contributed by atoms with Gasteiger partial charge in [0, 0.05) is 5.56 Å². The number of imidazole rings is 1. The maximum absolute atomic E-state index is 14.5. The molecule has 45 heavy (non-hydrogen) atoms. The zero-order chi connectivity index (χ0) is 32.0. The molecule has 0 bridgehead atoms. The summed E-state index contributed by atoms with van der Waals surface area (Å²) in [6.07, 6.45) is 3.01. The van der Waals surface area contributed by atoms with Crippen molar-refractivity contribution in [1.82, 2.24) is 19.5 Å². The number of ketones is 1. The van der Waals surface area contributed by atoms with Crippen LogP contribution in [0.25, 0.3) is 11.2 Å². The van der Waals surface area contributed by atoms with Crippen molar-refractivity contribution in [3.63, 3.8) is 0 Å². The number of rotatable bonds is 10. The van der Waals surface area contributed by atoms with Gasteiger partial charge in [-0.15, -0.1) is 0 Å². The van der Waals surface area contributed by atoms with Gasteiger partial charge in [0.05, 0.1) is 18.5 Å². The second-order valence-electron chi connectivity index (χ2n) is 13.5. The Morgan fingerprint density at radius 2 is 1.71 bits per heavy atom. The van der Waals surface area contributed by atoms with Crippen LogP contribution in [0.5, 0.6) is 0 Å². The molecular formula is C34H41N5O5Si. The molecule has 1 N–H and O–H groups in total. The summed E-state index contributed by atoms with van der Waals surface area (Å²) in [5.74, 6) is -0.293. The van der Waals surface area contributed by atoms with E-state index in [1.54, 1.807) is 28.8 Å². The molecule has 236 valence electrons. The van der Waals surface area contributed by atoms with E-state index in [4.69, 9.17) is 13.9 Å². The molecule has 3 heterocycles. The maximum atomic E-state index is 14.5. The molecule has 2 aromatic heterocycles. The number of anilines is 1. The Hall–Kier alpha value is -3.77. The van der Waals surface area contributed by atoms with E-state index in [9.17, 15) is 9.59 Å². The van der Waals surface area contributed by atoms with Gasteiger partial charge >= 0.3 is 0 Å². The molecule has 1 saturated heterocycles. The Morgan fingerprint density at radius 3 is 2.33 bits per heavy atom. The topological polar surface area (TPSA) is 117 Å². The van der Waals surface area contributed by atoms with Crippen molar-refractivity contribution in [2.45, 2.75) is 95.2 Å². The summed E-state index contributed by atoms with van der Waals surface area (Å²) in [6, 6.07) is 18.7. The van der Waals surface area contributed by atoms with Crippen molar-refractivity contribution < 1.29 is 23.5 Å². The number of benzene rings is 2. The number of carbonyl (C=O) groups excluding carboxylic acids is 2. The average molecular weight is 628 g/mol. The second kappa shape index (κ2) is 11.5. The van der Waals surface area contributed by atoms with Crippen LogP contribution in [-0.2, 0) is 25.3 Å². The number of ether oxygens (including phenoxy) is 2. The molecule has 0 spiro atoms. The minimum atomic E-state index is -2.26. The molecule has 6 rings (SSSR count). The predicted molar refractivity (Wildman–Crippen MR) is 173 cm³/mol. The molecule has 2 fully saturated rings. The summed E-state index contributed by atoms with van der Waals surface area (Å²) in [5, 5.41) is 2.80. The van der Waals surface area contributed by atoms with Gasteiger partial charge in [-0.2, -0.15) is 0 Å². The first kappa shape index (κ1) is 31.2. The fourth-order valence-electron chi connectivity index (χ4n) is 6.03. The summed E-state index contributed by atoms with van der Waals surface area (Å²) in [4.78, 5) is 40.7. The number of hydrogen-bond acceptors (Lipinski definition) is 8. The summed E-state index contributed by atoms with van der Waals surface area (Å²) < 4.78 is 22.2. The Labute approximate surface area is 264 Å². The lowest BCUT2D eigenvalue weighted by Gasteiger charge is -2.47. The molecule has 0 radical (unpaired) electrons. The molecule has 2 aromatic carbocycles.